The molecule has 0 nitrogen and oxygen atoms in total. The summed E-state index contributed by atoms with van der Waals surface area (Å²) in [5.41, 5.74) is 11.4. The lowest BCUT2D eigenvalue weighted by Gasteiger charge is -2.37. The van der Waals surface area contributed by atoms with Crippen molar-refractivity contribution in [3.8, 4) is 0 Å². The number of rotatable bonds is 11. The maximum absolute atomic E-state index is 2.64. The Morgan fingerprint density at radius 1 is 0.476 bits per heavy atom. The molecule has 1 heteroatoms. The van der Waals surface area contributed by atoms with E-state index in [1.54, 1.807) is 20.8 Å². The molecule has 0 radical (unpaired) electrons. The van der Waals surface area contributed by atoms with E-state index in [0.717, 1.165) is 44.9 Å². The Balaban J connectivity index is 1.94. The predicted octanol–water partition coefficient (Wildman–Crippen LogP) is 8.48. The molecule has 0 bridgehead atoms. The van der Waals surface area contributed by atoms with Gasteiger partial charge < -0.3 is 0 Å². The minimum atomic E-state index is -2.64. The third-order valence-electron chi connectivity index (χ3n) is 9.37. The SMILES string of the molecule is CCc1cc(CC)cc([Si](C2=CC(c3ccccc3)=CC2)(c2cc(CC)cc(CC)c2)c2cc(CC)cc(CC)c2)c1. The zero-order chi connectivity index (χ0) is 29.7. The average molecular weight is 569 g/mol. The Morgan fingerprint density at radius 2 is 0.833 bits per heavy atom. The van der Waals surface area contributed by atoms with Gasteiger partial charge in [0.15, 0.2) is 8.07 Å². The summed E-state index contributed by atoms with van der Waals surface area (Å²) >= 11 is 0. The summed E-state index contributed by atoms with van der Waals surface area (Å²) in [5, 5.41) is 6.28. The Hall–Kier alpha value is -3.42. The van der Waals surface area contributed by atoms with Crippen LogP contribution in [0, 0.1) is 0 Å². The molecule has 0 aliphatic heterocycles. The Bertz CT molecular complexity index is 1400. The summed E-state index contributed by atoms with van der Waals surface area (Å²) in [5.74, 6) is 0. The maximum atomic E-state index is 2.58. The number of hydrogen-bond donors (Lipinski definition) is 0. The second-order valence-electron chi connectivity index (χ2n) is 11.9. The van der Waals surface area contributed by atoms with Crippen LogP contribution in [0.15, 0.2) is 102 Å². The fourth-order valence-corrected chi connectivity index (χ4v) is 12.1. The minimum absolute atomic E-state index is 1.00. The third-order valence-corrected chi connectivity index (χ3v) is 14.1. The van der Waals surface area contributed by atoms with Gasteiger partial charge in [0.1, 0.15) is 0 Å². The van der Waals surface area contributed by atoms with Crippen molar-refractivity contribution in [3.05, 3.63) is 141 Å². The number of allylic oxidation sites excluding steroid dienone is 4. The standard InChI is InChI=1S/C41H48Si/c1-7-30-20-31(8-2)24-39(23-30)42(40-25-32(9-3)21-33(10-4)26-40,41-27-34(11-5)22-35(12-6)28-41)38-19-18-37(29-38)36-16-14-13-15-17-36/h13-18,20-29H,7-12,19H2,1-6H3. The molecule has 4 aromatic carbocycles. The largest absolute Gasteiger partial charge is 0.176 e. The van der Waals surface area contributed by atoms with Gasteiger partial charge in [-0.2, -0.15) is 0 Å². The van der Waals surface area contributed by atoms with Crippen LogP contribution in [0.1, 0.15) is 86.9 Å². The minimum Gasteiger partial charge on any atom is -0.0730 e. The van der Waals surface area contributed by atoms with Crippen molar-refractivity contribution in [2.45, 2.75) is 86.5 Å². The van der Waals surface area contributed by atoms with Gasteiger partial charge in [-0.25, -0.2) is 0 Å². The summed E-state index contributed by atoms with van der Waals surface area (Å²) in [7, 11) is -2.64. The molecule has 0 saturated carbocycles. The highest BCUT2D eigenvalue weighted by atomic mass is 28.3. The lowest BCUT2D eigenvalue weighted by Crippen LogP contribution is -2.69. The zero-order valence-corrected chi connectivity index (χ0v) is 27.7. The van der Waals surface area contributed by atoms with E-state index in [1.165, 1.54) is 44.5 Å². The van der Waals surface area contributed by atoms with Crippen LogP contribution in [0.4, 0.5) is 0 Å². The highest BCUT2D eigenvalue weighted by Gasteiger charge is 2.44. The smallest absolute Gasteiger partial charge is 0.0730 e. The molecule has 0 fully saturated rings. The molecule has 0 N–H and O–H groups in total. The second kappa shape index (κ2) is 13.3. The lowest BCUT2D eigenvalue weighted by molar-refractivity contribution is 1.09. The second-order valence-corrected chi connectivity index (χ2v) is 15.8. The number of benzene rings is 4. The van der Waals surface area contributed by atoms with Crippen molar-refractivity contribution in [1.29, 1.82) is 0 Å². The van der Waals surface area contributed by atoms with Crippen molar-refractivity contribution in [1.82, 2.24) is 0 Å². The van der Waals surface area contributed by atoms with E-state index in [-0.39, 0.29) is 0 Å². The van der Waals surface area contributed by atoms with Crippen LogP contribution in [0.5, 0.6) is 0 Å². The topological polar surface area (TPSA) is 0 Å². The summed E-state index contributed by atoms with van der Waals surface area (Å²) in [4.78, 5) is 0. The van der Waals surface area contributed by atoms with Gasteiger partial charge in [0, 0.05) is 0 Å². The van der Waals surface area contributed by atoms with Gasteiger partial charge in [0.25, 0.3) is 0 Å². The molecule has 4 aromatic rings. The fourth-order valence-electron chi connectivity index (χ4n) is 6.84. The van der Waals surface area contributed by atoms with Crippen molar-refractivity contribution < 1.29 is 0 Å². The fraction of sp³-hybridized carbons (Fsp3) is 0.317. The summed E-state index contributed by atoms with van der Waals surface area (Å²) in [6.07, 6.45) is 12.4. The van der Waals surface area contributed by atoms with Gasteiger partial charge in [0.05, 0.1) is 0 Å². The number of hydrogen-bond acceptors (Lipinski definition) is 0. The van der Waals surface area contributed by atoms with Crippen molar-refractivity contribution >= 4 is 29.2 Å². The first kappa shape index (κ1) is 30.0. The average Bonchev–Trinajstić information content (AvgIpc) is 3.55. The van der Waals surface area contributed by atoms with E-state index in [2.05, 4.69) is 139 Å². The van der Waals surface area contributed by atoms with Crippen LogP contribution in [-0.4, -0.2) is 8.07 Å². The quantitative estimate of drug-likeness (QED) is 0.126. The van der Waals surface area contributed by atoms with E-state index >= 15 is 0 Å². The van der Waals surface area contributed by atoms with Gasteiger partial charge in [0.2, 0.25) is 0 Å². The first-order valence-corrected chi connectivity index (χ1v) is 18.3. The molecule has 0 saturated heterocycles. The molecule has 0 aromatic heterocycles. The van der Waals surface area contributed by atoms with E-state index in [1.807, 2.05) is 0 Å². The van der Waals surface area contributed by atoms with E-state index in [0.29, 0.717) is 0 Å². The highest BCUT2D eigenvalue weighted by Crippen LogP contribution is 2.33. The van der Waals surface area contributed by atoms with Crippen LogP contribution in [0.25, 0.3) is 5.57 Å². The lowest BCUT2D eigenvalue weighted by atomic mass is 10.1. The zero-order valence-electron chi connectivity index (χ0n) is 26.7. The molecule has 0 amide bonds. The van der Waals surface area contributed by atoms with E-state index in [9.17, 15) is 0 Å². The molecule has 42 heavy (non-hydrogen) atoms. The molecular formula is C41H48Si. The number of aryl methyl sites for hydroxylation is 6. The van der Waals surface area contributed by atoms with Crippen molar-refractivity contribution in [2.75, 3.05) is 0 Å². The molecule has 0 spiro atoms. The van der Waals surface area contributed by atoms with E-state index < -0.39 is 8.07 Å². The molecule has 1 aliphatic rings. The first-order valence-electron chi connectivity index (χ1n) is 16.3. The van der Waals surface area contributed by atoms with Gasteiger partial charge in [-0.15, -0.1) is 0 Å². The monoisotopic (exact) mass is 568 g/mol. The van der Waals surface area contributed by atoms with Gasteiger partial charge in [-0.1, -0.05) is 144 Å². The highest BCUT2D eigenvalue weighted by molar-refractivity contribution is 7.16. The van der Waals surface area contributed by atoms with Gasteiger partial charge >= 0.3 is 0 Å². The molecule has 0 atom stereocenters. The molecular weight excluding hydrogens is 521 g/mol. The van der Waals surface area contributed by atoms with Crippen LogP contribution >= 0.6 is 0 Å². The molecule has 216 valence electrons. The van der Waals surface area contributed by atoms with Crippen LogP contribution in [0.2, 0.25) is 0 Å². The normalized spacial score (nSPS) is 13.3. The van der Waals surface area contributed by atoms with Crippen molar-refractivity contribution in [3.63, 3.8) is 0 Å². The van der Waals surface area contributed by atoms with Gasteiger partial charge in [-0.05, 0) is 105 Å². The third kappa shape index (κ3) is 5.77. The predicted molar refractivity (Wildman–Crippen MR) is 187 cm³/mol. The molecule has 0 unspecified atom stereocenters. The summed E-state index contributed by atoms with van der Waals surface area (Å²) in [6.45, 7) is 13.9. The summed E-state index contributed by atoms with van der Waals surface area (Å²) < 4.78 is 0. The Morgan fingerprint density at radius 3 is 1.17 bits per heavy atom. The Labute approximate surface area is 256 Å². The first-order chi connectivity index (χ1) is 20.5. The van der Waals surface area contributed by atoms with Gasteiger partial charge in [-0.3, -0.25) is 0 Å². The molecule has 0 heterocycles. The van der Waals surface area contributed by atoms with Crippen molar-refractivity contribution in [2.24, 2.45) is 0 Å². The van der Waals surface area contributed by atoms with Crippen LogP contribution in [-0.2, 0) is 38.5 Å². The molecule has 5 rings (SSSR count). The van der Waals surface area contributed by atoms with E-state index in [4.69, 9.17) is 0 Å². The van der Waals surface area contributed by atoms with Crippen LogP contribution in [0.3, 0.4) is 0 Å². The maximum Gasteiger partial charge on any atom is 0.176 e. The molecule has 1 aliphatic carbocycles. The summed E-state index contributed by atoms with van der Waals surface area (Å²) in [6, 6.07) is 33.8. The van der Waals surface area contributed by atoms with Crippen LogP contribution < -0.4 is 15.6 Å². The Kier molecular flexibility index (Phi) is 9.49.